The van der Waals surface area contributed by atoms with Crippen molar-refractivity contribution < 1.29 is 9.53 Å². The summed E-state index contributed by atoms with van der Waals surface area (Å²) >= 11 is 0. The summed E-state index contributed by atoms with van der Waals surface area (Å²) in [6.45, 7) is 2.72. The van der Waals surface area contributed by atoms with E-state index >= 15 is 0 Å². The van der Waals surface area contributed by atoms with Crippen LogP contribution in [0.4, 0.5) is 0 Å². The van der Waals surface area contributed by atoms with Gasteiger partial charge in [0.15, 0.2) is 0 Å². The third-order valence-corrected chi connectivity index (χ3v) is 4.63. The van der Waals surface area contributed by atoms with Crippen LogP contribution < -0.4 is 10.2 Å². The highest BCUT2D eigenvalue weighted by atomic mass is 16.5. The number of hydrogen-bond donors (Lipinski definition) is 1. The highest BCUT2D eigenvalue weighted by Gasteiger charge is 2.14. The van der Waals surface area contributed by atoms with E-state index in [9.17, 15) is 4.79 Å². The number of fused-ring (bicyclic) bond motifs is 1. The van der Waals surface area contributed by atoms with Gasteiger partial charge in [-0.3, -0.25) is 9.78 Å². The predicted molar refractivity (Wildman–Crippen MR) is 122 cm³/mol. The number of para-hydroxylation sites is 1. The van der Waals surface area contributed by atoms with E-state index in [0.29, 0.717) is 17.9 Å². The highest BCUT2D eigenvalue weighted by Crippen LogP contribution is 2.27. The van der Waals surface area contributed by atoms with Gasteiger partial charge in [-0.1, -0.05) is 43.3 Å². The standard InChI is InChI=1S/C25H22N4O2/c1-2-13-31-20-9-5-8-19(14-20)24-15-22(21-10-3-4-11-23(21)28-24)25(30)29-27-17-18-7-6-12-26-16-18/h3-12,14-17H,2,13H2,1H3,(H,29,30)/b27-17-. The molecule has 4 aromatic rings. The van der Waals surface area contributed by atoms with Crippen molar-refractivity contribution in [1.82, 2.24) is 15.4 Å². The zero-order chi connectivity index (χ0) is 21.5. The van der Waals surface area contributed by atoms with Crippen LogP contribution in [-0.4, -0.2) is 28.7 Å². The summed E-state index contributed by atoms with van der Waals surface area (Å²) in [6.07, 6.45) is 5.85. The Hall–Kier alpha value is -4.06. The molecule has 31 heavy (non-hydrogen) atoms. The van der Waals surface area contributed by atoms with Crippen molar-refractivity contribution in [3.8, 4) is 17.0 Å². The summed E-state index contributed by atoms with van der Waals surface area (Å²) in [4.78, 5) is 21.7. The van der Waals surface area contributed by atoms with Crippen molar-refractivity contribution in [2.45, 2.75) is 13.3 Å². The molecule has 0 spiro atoms. The lowest BCUT2D eigenvalue weighted by molar-refractivity contribution is 0.0956. The van der Waals surface area contributed by atoms with Gasteiger partial charge in [-0.2, -0.15) is 5.10 Å². The van der Waals surface area contributed by atoms with Crippen molar-refractivity contribution in [3.63, 3.8) is 0 Å². The molecule has 4 rings (SSSR count). The zero-order valence-electron chi connectivity index (χ0n) is 17.2. The van der Waals surface area contributed by atoms with E-state index in [1.165, 1.54) is 0 Å². The molecule has 0 fully saturated rings. The monoisotopic (exact) mass is 410 g/mol. The van der Waals surface area contributed by atoms with Gasteiger partial charge in [-0.15, -0.1) is 0 Å². The van der Waals surface area contributed by atoms with Gasteiger partial charge in [0, 0.05) is 28.9 Å². The molecule has 0 saturated carbocycles. The summed E-state index contributed by atoms with van der Waals surface area (Å²) in [7, 11) is 0. The molecule has 1 amide bonds. The maximum atomic E-state index is 12.9. The number of nitrogens with one attached hydrogen (secondary N) is 1. The quantitative estimate of drug-likeness (QED) is 0.349. The minimum absolute atomic E-state index is 0.307. The van der Waals surface area contributed by atoms with Crippen LogP contribution in [-0.2, 0) is 0 Å². The van der Waals surface area contributed by atoms with Crippen LogP contribution in [0.3, 0.4) is 0 Å². The fourth-order valence-corrected chi connectivity index (χ4v) is 3.15. The Kier molecular flexibility index (Phi) is 6.28. The largest absolute Gasteiger partial charge is 0.494 e. The first-order valence-corrected chi connectivity index (χ1v) is 10.1. The zero-order valence-corrected chi connectivity index (χ0v) is 17.2. The van der Waals surface area contributed by atoms with E-state index in [4.69, 9.17) is 9.72 Å². The number of rotatable bonds is 7. The second-order valence-corrected chi connectivity index (χ2v) is 6.93. The first kappa shape index (κ1) is 20.2. The molecule has 6 heteroatoms. The van der Waals surface area contributed by atoms with Crippen LogP contribution in [0.2, 0.25) is 0 Å². The average Bonchev–Trinajstić information content (AvgIpc) is 2.83. The summed E-state index contributed by atoms with van der Waals surface area (Å²) in [5, 5.41) is 4.83. The number of amides is 1. The first-order chi connectivity index (χ1) is 15.2. The minimum atomic E-state index is -0.307. The Morgan fingerprint density at radius 1 is 1.10 bits per heavy atom. The Bertz CT molecular complexity index is 1220. The van der Waals surface area contributed by atoms with Gasteiger partial charge in [0.2, 0.25) is 0 Å². The van der Waals surface area contributed by atoms with Crippen molar-refractivity contribution in [1.29, 1.82) is 0 Å². The van der Waals surface area contributed by atoms with Crippen LogP contribution in [0.1, 0.15) is 29.3 Å². The van der Waals surface area contributed by atoms with E-state index in [2.05, 4.69) is 22.4 Å². The smallest absolute Gasteiger partial charge is 0.272 e. The number of aromatic nitrogens is 2. The molecular formula is C25H22N4O2. The van der Waals surface area contributed by atoms with E-state index in [1.807, 2.05) is 60.7 Å². The number of benzene rings is 2. The van der Waals surface area contributed by atoms with Crippen molar-refractivity contribution in [3.05, 3.63) is 90.3 Å². The summed E-state index contributed by atoms with van der Waals surface area (Å²) in [5.41, 5.74) is 6.22. The number of ether oxygens (including phenoxy) is 1. The van der Waals surface area contributed by atoms with Crippen molar-refractivity contribution >= 4 is 23.0 Å². The van der Waals surface area contributed by atoms with Crippen molar-refractivity contribution in [2.75, 3.05) is 6.61 Å². The average molecular weight is 410 g/mol. The van der Waals surface area contributed by atoms with Crippen LogP contribution in [0.5, 0.6) is 5.75 Å². The van der Waals surface area contributed by atoms with E-state index in [1.54, 1.807) is 24.7 Å². The molecule has 0 aliphatic rings. The maximum Gasteiger partial charge on any atom is 0.272 e. The number of pyridine rings is 2. The van der Waals surface area contributed by atoms with E-state index in [0.717, 1.165) is 34.2 Å². The topological polar surface area (TPSA) is 76.5 Å². The molecule has 1 N–H and O–H groups in total. The maximum absolute atomic E-state index is 12.9. The predicted octanol–water partition coefficient (Wildman–Crippen LogP) is 4.85. The second-order valence-electron chi connectivity index (χ2n) is 6.93. The summed E-state index contributed by atoms with van der Waals surface area (Å²) in [6, 6.07) is 20.8. The molecule has 0 aliphatic heterocycles. The lowest BCUT2D eigenvalue weighted by Crippen LogP contribution is -2.18. The van der Waals surface area contributed by atoms with E-state index < -0.39 is 0 Å². The Morgan fingerprint density at radius 3 is 2.84 bits per heavy atom. The highest BCUT2D eigenvalue weighted by molar-refractivity contribution is 6.07. The number of nitrogens with zero attached hydrogens (tertiary/aromatic N) is 3. The van der Waals surface area contributed by atoms with Crippen LogP contribution in [0, 0.1) is 0 Å². The Labute approximate surface area is 180 Å². The van der Waals surface area contributed by atoms with Crippen molar-refractivity contribution in [2.24, 2.45) is 5.10 Å². The summed E-state index contributed by atoms with van der Waals surface area (Å²) < 4.78 is 5.75. The van der Waals surface area contributed by atoms with Gasteiger partial charge in [0.05, 0.1) is 29.6 Å². The molecule has 0 unspecified atom stereocenters. The molecule has 2 heterocycles. The molecular weight excluding hydrogens is 388 g/mol. The molecule has 0 radical (unpaired) electrons. The van der Waals surface area contributed by atoms with Gasteiger partial charge in [0.1, 0.15) is 5.75 Å². The Morgan fingerprint density at radius 2 is 2.00 bits per heavy atom. The fraction of sp³-hybridized carbons (Fsp3) is 0.120. The second kappa shape index (κ2) is 9.63. The molecule has 2 aromatic heterocycles. The fourth-order valence-electron chi connectivity index (χ4n) is 3.15. The molecule has 0 atom stereocenters. The number of hydrogen-bond acceptors (Lipinski definition) is 5. The van der Waals surface area contributed by atoms with Gasteiger partial charge in [-0.05, 0) is 36.8 Å². The number of carbonyl (C=O) groups is 1. The number of carbonyl (C=O) groups excluding carboxylic acids is 1. The van der Waals surface area contributed by atoms with Gasteiger partial charge in [0.25, 0.3) is 5.91 Å². The molecule has 2 aromatic carbocycles. The molecule has 0 aliphatic carbocycles. The normalized spacial score (nSPS) is 11.0. The van der Waals surface area contributed by atoms with Gasteiger partial charge < -0.3 is 4.74 Å². The SMILES string of the molecule is CCCOc1cccc(-c2cc(C(=O)N/N=C\c3cccnc3)c3ccccc3n2)c1. The van der Waals surface area contributed by atoms with Gasteiger partial charge in [-0.25, -0.2) is 10.4 Å². The number of hydrazone groups is 1. The third kappa shape index (κ3) is 4.93. The van der Waals surface area contributed by atoms with Gasteiger partial charge >= 0.3 is 0 Å². The molecule has 154 valence electrons. The molecule has 0 saturated heterocycles. The molecule has 0 bridgehead atoms. The van der Waals surface area contributed by atoms with E-state index in [-0.39, 0.29) is 5.91 Å². The minimum Gasteiger partial charge on any atom is -0.494 e. The first-order valence-electron chi connectivity index (χ1n) is 10.1. The molecule has 6 nitrogen and oxygen atoms in total. The van der Waals surface area contributed by atoms with Crippen LogP contribution in [0.25, 0.3) is 22.2 Å². The lowest BCUT2D eigenvalue weighted by Gasteiger charge is -2.10. The lowest BCUT2D eigenvalue weighted by atomic mass is 10.0. The summed E-state index contributed by atoms with van der Waals surface area (Å²) in [5.74, 6) is 0.472. The third-order valence-electron chi connectivity index (χ3n) is 4.63. The Balaban J connectivity index is 1.67. The van der Waals surface area contributed by atoms with Crippen LogP contribution >= 0.6 is 0 Å². The van der Waals surface area contributed by atoms with Crippen LogP contribution in [0.15, 0.2) is 84.2 Å².